The molecule has 2 aliphatic carbocycles. The number of carbonyl (C=O) groups excluding carboxylic acids is 2. The average Bonchev–Trinajstić information content (AvgIpc) is 3.28. The lowest BCUT2D eigenvalue weighted by Crippen LogP contribution is -2.32. The quantitative estimate of drug-likeness (QED) is 0.386. The summed E-state index contributed by atoms with van der Waals surface area (Å²) in [5.41, 5.74) is 7.73. The molecule has 3 heterocycles. The van der Waals surface area contributed by atoms with Crippen LogP contribution in [0.3, 0.4) is 0 Å². The largest absolute Gasteiger partial charge is 0.494 e. The zero-order valence-corrected chi connectivity index (χ0v) is 21.8. The van der Waals surface area contributed by atoms with Gasteiger partial charge in [-0.3, -0.25) is 9.59 Å². The van der Waals surface area contributed by atoms with Crippen LogP contribution in [0, 0.1) is 5.92 Å². The Morgan fingerprint density at radius 2 is 1.95 bits per heavy atom. The molecule has 3 aromatic rings. The topological polar surface area (TPSA) is 138 Å². The van der Waals surface area contributed by atoms with Crippen molar-refractivity contribution in [3.63, 3.8) is 0 Å². The van der Waals surface area contributed by atoms with Crippen LogP contribution in [-0.2, 0) is 14.3 Å². The van der Waals surface area contributed by atoms with Crippen molar-refractivity contribution >= 4 is 40.3 Å². The van der Waals surface area contributed by atoms with Gasteiger partial charge in [-0.25, -0.2) is 9.97 Å². The smallest absolute Gasteiger partial charge is 0.252 e. The summed E-state index contributed by atoms with van der Waals surface area (Å²) in [6, 6.07) is 7.33. The minimum atomic E-state index is -0.635. The molecule has 2 aromatic heterocycles. The Bertz CT molecular complexity index is 1380. The first-order valence-corrected chi connectivity index (χ1v) is 13.6. The van der Waals surface area contributed by atoms with Crippen LogP contribution in [0.5, 0.6) is 5.75 Å². The number of anilines is 3. The third-order valence-electron chi connectivity index (χ3n) is 7.27. The number of hydrogen-bond donors (Lipinski definition) is 3. The highest BCUT2D eigenvalue weighted by molar-refractivity contribution is 7.15. The fourth-order valence-electron chi connectivity index (χ4n) is 5.24. The highest BCUT2D eigenvalue weighted by Crippen LogP contribution is 2.50. The second kappa shape index (κ2) is 9.97. The molecule has 2 saturated carbocycles. The molecular weight excluding hydrogens is 506 g/mol. The number of benzene rings is 1. The van der Waals surface area contributed by atoms with Gasteiger partial charge in [0.2, 0.25) is 5.91 Å². The van der Waals surface area contributed by atoms with Crippen molar-refractivity contribution in [1.82, 2.24) is 9.97 Å². The highest BCUT2D eigenvalue weighted by atomic mass is 32.1. The number of ether oxygens (including phenoxy) is 3. The molecule has 1 atom stereocenters. The molecule has 0 bridgehead atoms. The number of amides is 2. The van der Waals surface area contributed by atoms with E-state index < -0.39 is 11.7 Å². The van der Waals surface area contributed by atoms with E-state index in [0.29, 0.717) is 36.2 Å². The van der Waals surface area contributed by atoms with Gasteiger partial charge in [0, 0.05) is 36.4 Å². The highest BCUT2D eigenvalue weighted by Gasteiger charge is 2.49. The van der Waals surface area contributed by atoms with Crippen LogP contribution in [0.15, 0.2) is 36.7 Å². The molecule has 1 unspecified atom stereocenters. The third kappa shape index (κ3) is 4.61. The zero-order valence-electron chi connectivity index (χ0n) is 21.0. The van der Waals surface area contributed by atoms with Gasteiger partial charge in [-0.1, -0.05) is 6.07 Å². The van der Waals surface area contributed by atoms with E-state index in [-0.39, 0.29) is 23.3 Å². The lowest BCUT2D eigenvalue weighted by atomic mass is 10.0. The summed E-state index contributed by atoms with van der Waals surface area (Å²) in [7, 11) is 1.60. The van der Waals surface area contributed by atoms with Gasteiger partial charge in [-0.2, -0.15) is 0 Å². The minimum absolute atomic E-state index is 0.0241. The second-order valence-corrected chi connectivity index (χ2v) is 10.8. The minimum Gasteiger partial charge on any atom is -0.494 e. The monoisotopic (exact) mass is 535 g/mol. The Labute approximate surface area is 223 Å². The number of primary amides is 1. The number of nitrogens with one attached hydrogen (secondary N) is 2. The molecular formula is C27H29N5O5S. The summed E-state index contributed by atoms with van der Waals surface area (Å²) in [6.07, 6.45) is 7.87. The van der Waals surface area contributed by atoms with Crippen LogP contribution in [0.25, 0.3) is 10.4 Å². The van der Waals surface area contributed by atoms with Gasteiger partial charge in [0.1, 0.15) is 10.8 Å². The second-order valence-electron chi connectivity index (χ2n) is 9.77. The predicted octanol–water partition coefficient (Wildman–Crippen LogP) is 4.42. The average molecular weight is 536 g/mol. The Hall–Kier alpha value is -3.54. The lowest BCUT2D eigenvalue weighted by Gasteiger charge is -2.27. The maximum atomic E-state index is 12.2. The van der Waals surface area contributed by atoms with Gasteiger partial charge in [-0.05, 0) is 37.8 Å². The van der Waals surface area contributed by atoms with Crippen LogP contribution < -0.4 is 21.1 Å². The van der Waals surface area contributed by atoms with E-state index in [2.05, 4.69) is 15.6 Å². The first-order valence-electron chi connectivity index (χ1n) is 12.8. The SMILES string of the molecule is COc1c(Nc2cc(NC(=O)C3CC3)ncc2C(N)=O)cccc1-c1cnc(C2CCCC23OCCO3)s1. The number of pyridine rings is 1. The van der Waals surface area contributed by atoms with Gasteiger partial charge < -0.3 is 30.6 Å². The molecule has 1 aliphatic heterocycles. The fourth-order valence-corrected chi connectivity index (χ4v) is 6.39. The normalized spacial score (nSPS) is 20.0. The Kier molecular flexibility index (Phi) is 6.50. The number of aromatic nitrogens is 2. The number of nitrogens with two attached hydrogens (primary N) is 1. The molecule has 3 fully saturated rings. The number of nitrogens with zero attached hydrogens (tertiary/aromatic N) is 2. The number of carbonyl (C=O) groups is 2. The summed E-state index contributed by atoms with van der Waals surface area (Å²) < 4.78 is 17.9. The molecule has 1 saturated heterocycles. The van der Waals surface area contributed by atoms with Crippen molar-refractivity contribution in [3.05, 3.63) is 47.2 Å². The van der Waals surface area contributed by atoms with E-state index >= 15 is 0 Å². The van der Waals surface area contributed by atoms with Gasteiger partial charge in [0.25, 0.3) is 5.91 Å². The number of hydrogen-bond acceptors (Lipinski definition) is 9. The van der Waals surface area contributed by atoms with Crippen molar-refractivity contribution in [2.75, 3.05) is 31.0 Å². The number of rotatable bonds is 8. The number of methoxy groups -OCH3 is 1. The summed E-state index contributed by atoms with van der Waals surface area (Å²) in [5.74, 6) is -0.197. The van der Waals surface area contributed by atoms with E-state index in [0.717, 1.165) is 47.6 Å². The first-order chi connectivity index (χ1) is 18.5. The first kappa shape index (κ1) is 24.8. The molecule has 1 spiro atoms. The Morgan fingerprint density at radius 3 is 2.68 bits per heavy atom. The molecule has 10 nitrogen and oxygen atoms in total. The van der Waals surface area contributed by atoms with E-state index in [1.807, 2.05) is 24.4 Å². The van der Waals surface area contributed by atoms with E-state index in [4.69, 9.17) is 24.9 Å². The summed E-state index contributed by atoms with van der Waals surface area (Å²) >= 11 is 1.60. The number of para-hydroxylation sites is 1. The Morgan fingerprint density at radius 1 is 1.13 bits per heavy atom. The van der Waals surface area contributed by atoms with Gasteiger partial charge in [0.15, 0.2) is 11.5 Å². The maximum absolute atomic E-state index is 12.2. The molecule has 0 radical (unpaired) electrons. The van der Waals surface area contributed by atoms with Crippen molar-refractivity contribution in [1.29, 1.82) is 0 Å². The summed E-state index contributed by atoms with van der Waals surface area (Å²) in [6.45, 7) is 1.23. The molecule has 4 N–H and O–H groups in total. The van der Waals surface area contributed by atoms with Gasteiger partial charge in [-0.15, -0.1) is 11.3 Å². The van der Waals surface area contributed by atoms with Crippen molar-refractivity contribution < 1.29 is 23.8 Å². The van der Waals surface area contributed by atoms with Crippen LogP contribution in [0.4, 0.5) is 17.2 Å². The molecule has 198 valence electrons. The fraction of sp³-hybridized carbons (Fsp3) is 0.407. The van der Waals surface area contributed by atoms with Gasteiger partial charge >= 0.3 is 0 Å². The van der Waals surface area contributed by atoms with Crippen LogP contribution in [-0.4, -0.2) is 47.9 Å². The zero-order chi connectivity index (χ0) is 26.3. The molecule has 6 rings (SSSR count). The predicted molar refractivity (Wildman–Crippen MR) is 143 cm³/mol. The molecule has 38 heavy (non-hydrogen) atoms. The van der Waals surface area contributed by atoms with Crippen LogP contribution in [0.1, 0.15) is 53.4 Å². The van der Waals surface area contributed by atoms with Crippen molar-refractivity contribution in [2.24, 2.45) is 11.7 Å². The molecule has 1 aromatic carbocycles. The Balaban J connectivity index is 1.30. The number of thiazole rings is 1. The van der Waals surface area contributed by atoms with Crippen LogP contribution >= 0.6 is 11.3 Å². The third-order valence-corrected chi connectivity index (χ3v) is 8.41. The maximum Gasteiger partial charge on any atom is 0.252 e. The lowest BCUT2D eigenvalue weighted by molar-refractivity contribution is -0.162. The van der Waals surface area contributed by atoms with E-state index in [9.17, 15) is 9.59 Å². The molecule has 11 heteroatoms. The summed E-state index contributed by atoms with van der Waals surface area (Å²) in [4.78, 5) is 34.3. The van der Waals surface area contributed by atoms with E-state index in [1.165, 1.54) is 6.20 Å². The summed E-state index contributed by atoms with van der Waals surface area (Å²) in [5, 5.41) is 7.07. The van der Waals surface area contributed by atoms with Crippen molar-refractivity contribution in [2.45, 2.75) is 43.8 Å². The van der Waals surface area contributed by atoms with E-state index in [1.54, 1.807) is 24.5 Å². The van der Waals surface area contributed by atoms with Crippen molar-refractivity contribution in [3.8, 4) is 16.2 Å². The van der Waals surface area contributed by atoms with Gasteiger partial charge in [0.05, 0.1) is 48.1 Å². The standard InChI is InChI=1S/C27H29N5O5S/c1-35-23-16(21-14-30-26(38-21)18-5-3-9-27(18)36-10-11-37-27)4-2-6-19(23)31-20-12-22(29-13-17(20)24(28)33)32-25(34)15-7-8-15/h2,4,6,12-15,18H,3,5,7-11H2,1H3,(H2,28,33)(H2,29,31,32,34). The molecule has 2 amide bonds. The van der Waals surface area contributed by atoms with Crippen LogP contribution in [0.2, 0.25) is 0 Å². The molecule has 3 aliphatic rings.